The number of ether oxygens (including phenoxy) is 3. The summed E-state index contributed by atoms with van der Waals surface area (Å²) in [6.07, 6.45) is 2.53. The molecule has 0 aliphatic carbocycles. The first-order valence-electron chi connectivity index (χ1n) is 8.21. The number of hydrogen-bond acceptors (Lipinski definition) is 7. The molecule has 1 aromatic carbocycles. The minimum atomic E-state index is -3.92. The second-order valence-corrected chi connectivity index (χ2v) is 7.83. The van der Waals surface area contributed by atoms with Crippen LogP contribution in [0.3, 0.4) is 0 Å². The van der Waals surface area contributed by atoms with E-state index in [2.05, 4.69) is 5.32 Å². The van der Waals surface area contributed by atoms with E-state index in [1.807, 2.05) is 0 Å². The van der Waals surface area contributed by atoms with Gasteiger partial charge in [0.25, 0.3) is 15.9 Å². The highest BCUT2D eigenvalue weighted by atomic mass is 32.2. The quantitative estimate of drug-likeness (QED) is 0.657. The summed E-state index contributed by atoms with van der Waals surface area (Å²) in [6.45, 7) is -0.237. The summed E-state index contributed by atoms with van der Waals surface area (Å²) in [5, 5.41) is 2.62. The lowest BCUT2D eigenvalue weighted by atomic mass is 10.2. The zero-order valence-electron chi connectivity index (χ0n) is 14.9. The number of hydrogen-bond donors (Lipinski definition) is 1. The summed E-state index contributed by atoms with van der Waals surface area (Å²) < 4.78 is 41.5. The maximum absolute atomic E-state index is 12.5. The van der Waals surface area contributed by atoms with Gasteiger partial charge in [-0.2, -0.15) is 0 Å². The summed E-state index contributed by atoms with van der Waals surface area (Å²) in [6, 6.07) is 5.97. The van der Waals surface area contributed by atoms with Crippen LogP contribution in [0.5, 0.6) is 0 Å². The molecule has 0 radical (unpaired) electrons. The Kier molecular flexibility index (Phi) is 5.33. The van der Waals surface area contributed by atoms with Crippen LogP contribution in [-0.2, 0) is 29.0 Å². The Morgan fingerprint density at radius 3 is 2.70 bits per heavy atom. The maximum Gasteiger partial charge on any atom is 0.269 e. The van der Waals surface area contributed by atoms with Gasteiger partial charge < -0.3 is 19.5 Å². The highest BCUT2D eigenvalue weighted by molar-refractivity contribution is 7.90. The molecule has 0 saturated heterocycles. The molecule has 2 aliphatic heterocycles. The van der Waals surface area contributed by atoms with Crippen molar-refractivity contribution in [2.75, 3.05) is 27.3 Å². The lowest BCUT2D eigenvalue weighted by Crippen LogP contribution is -2.45. The third kappa shape index (κ3) is 3.61. The SMILES string of the molecule is CO[C@@H]1C=C[C@@](CNC(=O)CCN2C(=O)c3ccccc3S2(=O)=O)(OC)O1. The predicted octanol–water partition coefficient (Wildman–Crippen LogP) is 0.239. The van der Waals surface area contributed by atoms with Crippen molar-refractivity contribution < 1.29 is 32.2 Å². The number of amides is 2. The Balaban J connectivity index is 1.57. The van der Waals surface area contributed by atoms with Crippen molar-refractivity contribution in [3.63, 3.8) is 0 Å². The van der Waals surface area contributed by atoms with Crippen molar-refractivity contribution in [1.29, 1.82) is 0 Å². The Bertz CT molecular complexity index is 883. The molecular formula is C17H20N2O7S. The van der Waals surface area contributed by atoms with Gasteiger partial charge in [-0.05, 0) is 24.3 Å². The van der Waals surface area contributed by atoms with Gasteiger partial charge >= 0.3 is 0 Å². The fourth-order valence-electron chi connectivity index (χ4n) is 2.88. The number of fused-ring (bicyclic) bond motifs is 1. The highest BCUT2D eigenvalue weighted by Gasteiger charge is 2.41. The largest absolute Gasteiger partial charge is 0.352 e. The van der Waals surface area contributed by atoms with Crippen LogP contribution in [0, 0.1) is 0 Å². The number of carbonyl (C=O) groups excluding carboxylic acids is 2. The topological polar surface area (TPSA) is 111 Å². The van der Waals surface area contributed by atoms with Gasteiger partial charge in [0.15, 0.2) is 6.29 Å². The van der Waals surface area contributed by atoms with Gasteiger partial charge in [0.1, 0.15) is 4.90 Å². The number of nitrogens with zero attached hydrogens (tertiary/aromatic N) is 1. The van der Waals surface area contributed by atoms with Crippen LogP contribution in [0.1, 0.15) is 16.8 Å². The highest BCUT2D eigenvalue weighted by Crippen LogP contribution is 2.30. The number of sulfonamides is 1. The zero-order valence-corrected chi connectivity index (χ0v) is 15.7. The van der Waals surface area contributed by atoms with E-state index in [4.69, 9.17) is 14.2 Å². The van der Waals surface area contributed by atoms with Crippen molar-refractivity contribution in [2.24, 2.45) is 0 Å². The predicted molar refractivity (Wildman–Crippen MR) is 93.1 cm³/mol. The Morgan fingerprint density at radius 2 is 2.07 bits per heavy atom. The molecule has 0 fully saturated rings. The standard InChI is InChI=1S/C17H20N2O7S/c1-24-15-7-9-17(25-2,26-15)11-18-14(20)8-10-19-16(21)12-5-3-4-6-13(12)27(19,22)23/h3-7,9,15H,8,10-11H2,1-2H3,(H,18,20)/t15-,17+/m0/s1. The van der Waals surface area contributed by atoms with E-state index in [-0.39, 0.29) is 30.0 Å². The van der Waals surface area contributed by atoms with Gasteiger partial charge in [0.2, 0.25) is 11.7 Å². The zero-order chi connectivity index (χ0) is 19.7. The average Bonchev–Trinajstić information content (AvgIpc) is 3.17. The van der Waals surface area contributed by atoms with E-state index in [9.17, 15) is 18.0 Å². The first-order valence-corrected chi connectivity index (χ1v) is 9.65. The first-order chi connectivity index (χ1) is 12.8. The molecule has 0 bridgehead atoms. The molecule has 146 valence electrons. The number of rotatable bonds is 7. The molecule has 2 heterocycles. The molecule has 2 atom stereocenters. The van der Waals surface area contributed by atoms with Gasteiger partial charge in [-0.25, -0.2) is 12.7 Å². The number of nitrogens with one attached hydrogen (secondary N) is 1. The molecule has 2 amide bonds. The molecular weight excluding hydrogens is 376 g/mol. The molecule has 0 spiro atoms. The summed E-state index contributed by atoms with van der Waals surface area (Å²) in [4.78, 5) is 24.4. The summed E-state index contributed by atoms with van der Waals surface area (Å²) >= 11 is 0. The van der Waals surface area contributed by atoms with E-state index >= 15 is 0 Å². The van der Waals surface area contributed by atoms with Gasteiger partial charge in [0.05, 0.1) is 12.1 Å². The molecule has 0 unspecified atom stereocenters. The molecule has 1 aromatic rings. The number of benzene rings is 1. The average molecular weight is 396 g/mol. The first kappa shape index (κ1) is 19.5. The second-order valence-electron chi connectivity index (χ2n) is 6.00. The molecule has 0 aromatic heterocycles. The van der Waals surface area contributed by atoms with E-state index in [1.165, 1.54) is 26.4 Å². The molecule has 1 N–H and O–H groups in total. The van der Waals surface area contributed by atoms with Gasteiger partial charge in [-0.1, -0.05) is 12.1 Å². The van der Waals surface area contributed by atoms with Crippen molar-refractivity contribution in [1.82, 2.24) is 9.62 Å². The summed E-state index contributed by atoms with van der Waals surface area (Å²) in [5.41, 5.74) is 0.117. The van der Waals surface area contributed by atoms with Gasteiger partial charge in [-0.15, -0.1) is 0 Å². The summed E-state index contributed by atoms with van der Waals surface area (Å²) in [5.74, 6) is -2.22. The molecule has 2 aliphatic rings. The van der Waals surface area contributed by atoms with Crippen LogP contribution in [0.4, 0.5) is 0 Å². The van der Waals surface area contributed by atoms with Crippen molar-refractivity contribution in [3.8, 4) is 0 Å². The van der Waals surface area contributed by atoms with Crippen LogP contribution in [0.15, 0.2) is 41.3 Å². The van der Waals surface area contributed by atoms with E-state index < -0.39 is 33.9 Å². The fraction of sp³-hybridized carbons (Fsp3) is 0.412. The van der Waals surface area contributed by atoms with Crippen LogP contribution >= 0.6 is 0 Å². The van der Waals surface area contributed by atoms with Crippen LogP contribution < -0.4 is 5.32 Å². The van der Waals surface area contributed by atoms with Crippen LogP contribution in [0.2, 0.25) is 0 Å². The number of carbonyl (C=O) groups is 2. The summed E-state index contributed by atoms with van der Waals surface area (Å²) in [7, 11) is -1.01. The fourth-order valence-corrected chi connectivity index (χ4v) is 4.45. The van der Waals surface area contributed by atoms with Crippen LogP contribution in [0.25, 0.3) is 0 Å². The van der Waals surface area contributed by atoms with E-state index in [0.717, 1.165) is 4.31 Å². The van der Waals surface area contributed by atoms with E-state index in [1.54, 1.807) is 24.3 Å². The normalized spacial score (nSPS) is 25.6. The molecule has 10 heteroatoms. The van der Waals surface area contributed by atoms with E-state index in [0.29, 0.717) is 0 Å². The monoisotopic (exact) mass is 396 g/mol. The van der Waals surface area contributed by atoms with Crippen LogP contribution in [-0.4, -0.2) is 63.9 Å². The Morgan fingerprint density at radius 1 is 1.33 bits per heavy atom. The Hall–Kier alpha value is -2.27. The third-order valence-corrected chi connectivity index (χ3v) is 6.23. The van der Waals surface area contributed by atoms with Crippen molar-refractivity contribution in [3.05, 3.63) is 42.0 Å². The molecule has 0 saturated carbocycles. The van der Waals surface area contributed by atoms with Crippen molar-refractivity contribution >= 4 is 21.8 Å². The lowest BCUT2D eigenvalue weighted by Gasteiger charge is -2.27. The molecule has 27 heavy (non-hydrogen) atoms. The number of methoxy groups -OCH3 is 2. The minimum Gasteiger partial charge on any atom is -0.352 e. The minimum absolute atomic E-state index is 0.0135. The maximum atomic E-state index is 12.5. The third-order valence-electron chi connectivity index (χ3n) is 4.39. The Labute approximate surface area is 156 Å². The lowest BCUT2D eigenvalue weighted by molar-refractivity contribution is -0.239. The van der Waals surface area contributed by atoms with Gasteiger partial charge in [0, 0.05) is 27.2 Å². The molecule has 3 rings (SSSR count). The van der Waals surface area contributed by atoms with Crippen molar-refractivity contribution in [2.45, 2.75) is 23.4 Å². The smallest absolute Gasteiger partial charge is 0.269 e. The second kappa shape index (κ2) is 7.39. The van der Waals surface area contributed by atoms with Gasteiger partial charge in [-0.3, -0.25) is 9.59 Å². The molecule has 9 nitrogen and oxygen atoms in total.